The summed E-state index contributed by atoms with van der Waals surface area (Å²) >= 11 is 0. The fourth-order valence-electron chi connectivity index (χ4n) is 3.24. The van der Waals surface area contributed by atoms with E-state index in [1.165, 1.54) is 16.8 Å². The van der Waals surface area contributed by atoms with Gasteiger partial charge in [-0.3, -0.25) is 9.80 Å². The van der Waals surface area contributed by atoms with Crippen molar-refractivity contribution < 1.29 is 22.7 Å². The topological polar surface area (TPSA) is 104 Å². The van der Waals surface area contributed by atoms with Gasteiger partial charge >= 0.3 is 5.63 Å². The lowest BCUT2D eigenvalue weighted by molar-refractivity contribution is 0.0335. The summed E-state index contributed by atoms with van der Waals surface area (Å²) in [5, 5.41) is 10.6. The van der Waals surface area contributed by atoms with Gasteiger partial charge in [0.05, 0.1) is 25.0 Å². The van der Waals surface area contributed by atoms with E-state index in [0.29, 0.717) is 51.5 Å². The molecule has 0 aliphatic carbocycles. The van der Waals surface area contributed by atoms with Crippen LogP contribution in [0.4, 0.5) is 0 Å². The summed E-state index contributed by atoms with van der Waals surface area (Å²) in [6.07, 6.45) is 2.51. The van der Waals surface area contributed by atoms with Gasteiger partial charge in [-0.25, -0.2) is 13.2 Å². The molecule has 0 aromatic carbocycles. The van der Waals surface area contributed by atoms with Gasteiger partial charge in [-0.15, -0.1) is 0 Å². The van der Waals surface area contributed by atoms with E-state index in [9.17, 15) is 18.3 Å². The fraction of sp³-hybridized carbons (Fsp3) is 0.688. The van der Waals surface area contributed by atoms with Crippen molar-refractivity contribution in [3.05, 3.63) is 27.8 Å². The monoisotopic (exact) mass is 387 g/mol. The molecule has 10 heteroatoms. The Bertz CT molecular complexity index is 780. The highest BCUT2D eigenvalue weighted by Crippen LogP contribution is 2.23. The molecule has 1 aromatic heterocycles. The SMILES string of the molecule is CS(=O)(=O)N1CCN(Cc2c(O)c(CN3CCOCC3)coc2=O)CC1. The van der Waals surface area contributed by atoms with E-state index in [-0.39, 0.29) is 17.9 Å². The molecule has 0 saturated carbocycles. The third-order valence-corrected chi connectivity index (χ3v) is 6.13. The first-order valence-electron chi connectivity index (χ1n) is 8.64. The number of nitrogens with zero attached hydrogens (tertiary/aromatic N) is 3. The van der Waals surface area contributed by atoms with Gasteiger partial charge in [0.1, 0.15) is 12.0 Å². The maximum atomic E-state index is 12.1. The molecule has 3 heterocycles. The van der Waals surface area contributed by atoms with Crippen LogP contribution >= 0.6 is 0 Å². The van der Waals surface area contributed by atoms with E-state index in [1.807, 2.05) is 4.90 Å². The zero-order chi connectivity index (χ0) is 18.7. The van der Waals surface area contributed by atoms with Crippen molar-refractivity contribution in [1.82, 2.24) is 14.1 Å². The third-order valence-electron chi connectivity index (χ3n) is 4.82. The third kappa shape index (κ3) is 4.63. The van der Waals surface area contributed by atoms with Crippen LogP contribution in [0.3, 0.4) is 0 Å². The normalized spacial score (nSPS) is 21.1. The lowest BCUT2D eigenvalue weighted by atomic mass is 10.1. The van der Waals surface area contributed by atoms with E-state index in [4.69, 9.17) is 9.15 Å². The number of morpholine rings is 1. The van der Waals surface area contributed by atoms with Gasteiger partial charge in [0, 0.05) is 57.9 Å². The van der Waals surface area contributed by atoms with Crippen LogP contribution in [-0.4, -0.2) is 86.4 Å². The van der Waals surface area contributed by atoms with E-state index < -0.39 is 15.6 Å². The Labute approximate surface area is 152 Å². The Kier molecular flexibility index (Phi) is 5.98. The molecule has 146 valence electrons. The Balaban J connectivity index is 1.68. The minimum absolute atomic E-state index is 0.0294. The second kappa shape index (κ2) is 8.05. The van der Waals surface area contributed by atoms with E-state index >= 15 is 0 Å². The molecule has 0 unspecified atom stereocenters. The first-order valence-corrected chi connectivity index (χ1v) is 10.5. The molecular formula is C16H25N3O6S. The maximum Gasteiger partial charge on any atom is 0.343 e. The molecule has 0 atom stereocenters. The molecule has 0 bridgehead atoms. The van der Waals surface area contributed by atoms with Crippen LogP contribution in [0.1, 0.15) is 11.1 Å². The van der Waals surface area contributed by atoms with Crippen LogP contribution in [-0.2, 0) is 27.8 Å². The van der Waals surface area contributed by atoms with Gasteiger partial charge in [-0.2, -0.15) is 4.31 Å². The molecular weight excluding hydrogens is 362 g/mol. The van der Waals surface area contributed by atoms with Crippen LogP contribution < -0.4 is 5.63 Å². The standard InChI is InChI=1S/C16H25N3O6S/c1-26(22,23)19-4-2-17(3-5-19)11-14-15(20)13(12-25-16(14)21)10-18-6-8-24-9-7-18/h12,20H,2-11H2,1H3. The van der Waals surface area contributed by atoms with Gasteiger partial charge < -0.3 is 14.3 Å². The van der Waals surface area contributed by atoms with Crippen LogP contribution in [0.25, 0.3) is 0 Å². The highest BCUT2D eigenvalue weighted by molar-refractivity contribution is 7.88. The van der Waals surface area contributed by atoms with Crippen LogP contribution in [0.5, 0.6) is 5.75 Å². The minimum atomic E-state index is -3.20. The summed E-state index contributed by atoms with van der Waals surface area (Å²) in [6, 6.07) is 0. The van der Waals surface area contributed by atoms with Crippen molar-refractivity contribution in [1.29, 1.82) is 0 Å². The Hall–Kier alpha value is -1.46. The van der Waals surface area contributed by atoms with E-state index in [0.717, 1.165) is 13.1 Å². The molecule has 0 radical (unpaired) electrons. The highest BCUT2D eigenvalue weighted by atomic mass is 32.2. The molecule has 1 N–H and O–H groups in total. The highest BCUT2D eigenvalue weighted by Gasteiger charge is 2.25. The van der Waals surface area contributed by atoms with Crippen molar-refractivity contribution >= 4 is 10.0 Å². The zero-order valence-corrected chi connectivity index (χ0v) is 15.7. The summed E-state index contributed by atoms with van der Waals surface area (Å²) in [5.74, 6) is -0.0294. The maximum absolute atomic E-state index is 12.1. The summed E-state index contributed by atoms with van der Waals surface area (Å²) < 4.78 is 35.0. The molecule has 3 rings (SSSR count). The number of ether oxygens (including phenoxy) is 1. The minimum Gasteiger partial charge on any atom is -0.507 e. The molecule has 1 aromatic rings. The second-order valence-electron chi connectivity index (χ2n) is 6.70. The van der Waals surface area contributed by atoms with Gasteiger partial charge in [0.2, 0.25) is 10.0 Å². The molecule has 2 aliphatic heterocycles. The smallest absolute Gasteiger partial charge is 0.343 e. The van der Waals surface area contributed by atoms with Crippen LogP contribution in [0, 0.1) is 0 Å². The molecule has 0 spiro atoms. The van der Waals surface area contributed by atoms with Gasteiger partial charge in [-0.1, -0.05) is 0 Å². The average molecular weight is 387 g/mol. The summed E-state index contributed by atoms with van der Waals surface area (Å²) in [7, 11) is -3.20. The largest absolute Gasteiger partial charge is 0.507 e. The predicted octanol–water partition coefficient (Wildman–Crippen LogP) is -0.745. The van der Waals surface area contributed by atoms with Gasteiger partial charge in [0.25, 0.3) is 0 Å². The molecule has 2 saturated heterocycles. The Morgan fingerprint density at radius 2 is 1.65 bits per heavy atom. The Morgan fingerprint density at radius 3 is 2.27 bits per heavy atom. The molecule has 2 fully saturated rings. The quantitative estimate of drug-likeness (QED) is 0.704. The number of sulfonamides is 1. The van der Waals surface area contributed by atoms with Crippen LogP contribution in [0.2, 0.25) is 0 Å². The number of rotatable bonds is 5. The lowest BCUT2D eigenvalue weighted by Crippen LogP contribution is -2.48. The van der Waals surface area contributed by atoms with Crippen molar-refractivity contribution in [2.45, 2.75) is 13.1 Å². The van der Waals surface area contributed by atoms with Gasteiger partial charge in [0.15, 0.2) is 0 Å². The molecule has 2 aliphatic rings. The predicted molar refractivity (Wildman–Crippen MR) is 94.4 cm³/mol. The van der Waals surface area contributed by atoms with E-state index in [1.54, 1.807) is 0 Å². The number of hydrogen-bond acceptors (Lipinski definition) is 8. The first kappa shape index (κ1) is 19.3. The second-order valence-corrected chi connectivity index (χ2v) is 8.68. The number of hydrogen-bond donors (Lipinski definition) is 1. The van der Waals surface area contributed by atoms with Crippen LogP contribution in [0.15, 0.2) is 15.5 Å². The molecule has 9 nitrogen and oxygen atoms in total. The lowest BCUT2D eigenvalue weighted by Gasteiger charge is -2.33. The van der Waals surface area contributed by atoms with Crippen molar-refractivity contribution in [2.75, 3.05) is 58.7 Å². The van der Waals surface area contributed by atoms with Gasteiger partial charge in [-0.05, 0) is 0 Å². The van der Waals surface area contributed by atoms with E-state index in [2.05, 4.69) is 4.90 Å². The van der Waals surface area contributed by atoms with Crippen molar-refractivity contribution in [3.63, 3.8) is 0 Å². The van der Waals surface area contributed by atoms with Crippen molar-refractivity contribution in [3.8, 4) is 5.75 Å². The summed E-state index contributed by atoms with van der Waals surface area (Å²) in [4.78, 5) is 16.2. The summed E-state index contributed by atoms with van der Waals surface area (Å²) in [6.45, 7) is 5.30. The van der Waals surface area contributed by atoms with Crippen molar-refractivity contribution in [2.24, 2.45) is 0 Å². The number of aromatic hydroxyl groups is 1. The number of piperazine rings is 1. The molecule has 26 heavy (non-hydrogen) atoms. The first-order chi connectivity index (χ1) is 12.3. The molecule has 0 amide bonds. The zero-order valence-electron chi connectivity index (χ0n) is 14.9. The average Bonchev–Trinajstić information content (AvgIpc) is 2.62. The Morgan fingerprint density at radius 1 is 1.04 bits per heavy atom. The fourth-order valence-corrected chi connectivity index (χ4v) is 4.06. The summed E-state index contributed by atoms with van der Waals surface area (Å²) in [5.41, 5.74) is 0.249.